The number of carboxylic acids is 2. The molecule has 0 radical (unpaired) electrons. The number of aliphatic imine (C=N–C) groups is 1. The van der Waals surface area contributed by atoms with Crippen LogP contribution in [0.5, 0.6) is 0 Å². The number of benzene rings is 1. The Bertz CT molecular complexity index is 846. The van der Waals surface area contributed by atoms with Crippen molar-refractivity contribution in [2.75, 3.05) is 32.4 Å². The molecule has 0 amide bonds. The fraction of sp³-hybridized carbons (Fsp3) is 0.316. The van der Waals surface area contributed by atoms with Crippen LogP contribution in [0, 0.1) is 0 Å². The molecule has 0 aliphatic carbocycles. The molecular formula is C19H24N4O4S. The highest BCUT2D eigenvalue weighted by molar-refractivity contribution is 7.99. The van der Waals surface area contributed by atoms with Crippen molar-refractivity contribution in [2.24, 2.45) is 4.99 Å². The Morgan fingerprint density at radius 1 is 1.25 bits per heavy atom. The van der Waals surface area contributed by atoms with Crippen LogP contribution in [0.1, 0.15) is 6.42 Å². The van der Waals surface area contributed by atoms with Gasteiger partial charge in [-0.25, -0.2) is 9.59 Å². The Hall–Kier alpha value is -2.94. The van der Waals surface area contributed by atoms with Gasteiger partial charge >= 0.3 is 11.9 Å². The van der Waals surface area contributed by atoms with E-state index < -0.39 is 11.9 Å². The van der Waals surface area contributed by atoms with Gasteiger partial charge in [-0.05, 0) is 12.5 Å². The maximum Gasteiger partial charge on any atom is 0.328 e. The highest BCUT2D eigenvalue weighted by Gasteiger charge is 2.10. The molecule has 1 aromatic carbocycles. The summed E-state index contributed by atoms with van der Waals surface area (Å²) < 4.78 is 0. The lowest BCUT2D eigenvalue weighted by Gasteiger charge is -2.27. The van der Waals surface area contributed by atoms with Crippen LogP contribution in [0.2, 0.25) is 0 Å². The summed E-state index contributed by atoms with van der Waals surface area (Å²) in [5, 5.41) is 20.3. The fourth-order valence-corrected chi connectivity index (χ4v) is 3.43. The van der Waals surface area contributed by atoms with Crippen molar-refractivity contribution in [3.63, 3.8) is 0 Å². The summed E-state index contributed by atoms with van der Waals surface area (Å²) in [5.74, 6) is -0.475. The number of aliphatic carboxylic acids is 2. The van der Waals surface area contributed by atoms with E-state index in [0.717, 1.165) is 31.3 Å². The Balaban J connectivity index is 0.000000300. The lowest BCUT2D eigenvalue weighted by Crippen LogP contribution is -2.45. The molecule has 2 aromatic rings. The second kappa shape index (κ2) is 11.0. The second-order valence-corrected chi connectivity index (χ2v) is 7.10. The van der Waals surface area contributed by atoms with E-state index in [2.05, 4.69) is 57.7 Å². The maximum absolute atomic E-state index is 9.55. The lowest BCUT2D eigenvalue weighted by molar-refractivity contribution is -0.134. The van der Waals surface area contributed by atoms with E-state index in [1.54, 1.807) is 0 Å². The molecule has 9 heteroatoms. The first-order chi connectivity index (χ1) is 13.5. The van der Waals surface area contributed by atoms with E-state index in [1.807, 2.05) is 11.8 Å². The van der Waals surface area contributed by atoms with Gasteiger partial charge in [0.2, 0.25) is 0 Å². The molecule has 1 aliphatic heterocycles. The van der Waals surface area contributed by atoms with E-state index in [4.69, 9.17) is 10.2 Å². The van der Waals surface area contributed by atoms with E-state index in [9.17, 15) is 9.59 Å². The van der Waals surface area contributed by atoms with Gasteiger partial charge < -0.3 is 25.4 Å². The molecule has 3 rings (SSSR count). The zero-order chi connectivity index (χ0) is 20.4. The number of fused-ring (bicyclic) bond motifs is 1. The predicted molar refractivity (Wildman–Crippen MR) is 111 cm³/mol. The third-order valence-corrected chi connectivity index (χ3v) is 4.88. The molecular weight excluding hydrogens is 380 g/mol. The van der Waals surface area contributed by atoms with Crippen LogP contribution < -0.4 is 5.32 Å². The first-order valence-corrected chi connectivity index (χ1v) is 9.78. The number of aromatic amines is 1. The van der Waals surface area contributed by atoms with Crippen LogP contribution in [0.3, 0.4) is 0 Å². The molecule has 28 heavy (non-hydrogen) atoms. The largest absolute Gasteiger partial charge is 0.478 e. The van der Waals surface area contributed by atoms with Gasteiger partial charge in [-0.1, -0.05) is 18.2 Å². The normalized spacial score (nSPS) is 15.3. The van der Waals surface area contributed by atoms with E-state index in [-0.39, 0.29) is 0 Å². The number of para-hydroxylation sites is 1. The third-order valence-electron chi connectivity index (χ3n) is 3.85. The van der Waals surface area contributed by atoms with Gasteiger partial charge in [-0.3, -0.25) is 4.99 Å². The van der Waals surface area contributed by atoms with Gasteiger partial charge in [0.25, 0.3) is 0 Å². The minimum absolute atomic E-state index is 0.558. The number of hydrogen-bond acceptors (Lipinski definition) is 4. The zero-order valence-corrected chi connectivity index (χ0v) is 16.4. The van der Waals surface area contributed by atoms with Crippen molar-refractivity contribution in [1.29, 1.82) is 0 Å². The van der Waals surface area contributed by atoms with Crippen LogP contribution in [-0.2, 0) is 9.59 Å². The molecule has 1 saturated heterocycles. The number of thioether (sulfide) groups is 1. The molecule has 0 spiro atoms. The predicted octanol–water partition coefficient (Wildman–Crippen LogP) is 2.25. The maximum atomic E-state index is 9.55. The summed E-state index contributed by atoms with van der Waals surface area (Å²) in [6, 6.07) is 8.42. The smallest absolute Gasteiger partial charge is 0.328 e. The van der Waals surface area contributed by atoms with Crippen LogP contribution in [-0.4, -0.2) is 70.4 Å². The molecule has 8 nitrogen and oxygen atoms in total. The number of carbonyl (C=O) groups is 2. The monoisotopic (exact) mass is 404 g/mol. The molecule has 0 saturated carbocycles. The van der Waals surface area contributed by atoms with Gasteiger partial charge in [-0.2, -0.15) is 0 Å². The van der Waals surface area contributed by atoms with Crippen LogP contribution in [0.15, 0.2) is 52.5 Å². The minimum atomic E-state index is -1.26. The molecule has 0 atom stereocenters. The number of rotatable bonds is 6. The number of nitrogens with one attached hydrogen (secondary N) is 2. The highest BCUT2D eigenvalue weighted by atomic mass is 32.2. The fourth-order valence-electron chi connectivity index (χ4n) is 2.55. The van der Waals surface area contributed by atoms with Crippen molar-refractivity contribution in [3.8, 4) is 0 Å². The van der Waals surface area contributed by atoms with Gasteiger partial charge in [0.15, 0.2) is 5.96 Å². The Kier molecular flexibility index (Phi) is 8.41. The van der Waals surface area contributed by atoms with Gasteiger partial charge in [0, 0.05) is 60.0 Å². The number of nitrogens with zero attached hydrogens (tertiary/aromatic N) is 2. The second-order valence-electron chi connectivity index (χ2n) is 5.96. The molecule has 1 aliphatic rings. The number of carboxylic acid groups (broad SMARTS) is 2. The topological polar surface area (TPSA) is 118 Å². The highest BCUT2D eigenvalue weighted by Crippen LogP contribution is 2.27. The molecule has 4 N–H and O–H groups in total. The standard InChI is InChI=1S/C15H20N4S.C4H4O4/c1-19-9-4-7-16-15(19)17-8-10-20-14-11-18-13-6-3-2-5-12(13)14;5-3(6)1-2-4(7)8/h2-3,5-6,11,18H,4,7-10H2,1H3,(H,16,17);1-2H,(H,5,6)(H,7,8)/b;2-1+. The van der Waals surface area contributed by atoms with Gasteiger partial charge in [0.1, 0.15) is 0 Å². The summed E-state index contributed by atoms with van der Waals surface area (Å²) in [5.41, 5.74) is 1.20. The van der Waals surface area contributed by atoms with E-state index in [0.29, 0.717) is 12.2 Å². The molecule has 1 aromatic heterocycles. The summed E-state index contributed by atoms with van der Waals surface area (Å²) >= 11 is 1.86. The number of hydrogen-bond donors (Lipinski definition) is 4. The average Bonchev–Trinajstić information content (AvgIpc) is 3.09. The summed E-state index contributed by atoms with van der Waals surface area (Å²) in [4.78, 5) is 30.6. The van der Waals surface area contributed by atoms with Crippen molar-refractivity contribution >= 4 is 40.6 Å². The molecule has 1 fully saturated rings. The Labute approximate surface area is 167 Å². The Morgan fingerprint density at radius 3 is 2.64 bits per heavy atom. The molecule has 0 bridgehead atoms. The van der Waals surface area contributed by atoms with Crippen molar-refractivity contribution in [3.05, 3.63) is 42.6 Å². The van der Waals surface area contributed by atoms with E-state index in [1.165, 1.54) is 22.2 Å². The minimum Gasteiger partial charge on any atom is -0.478 e. The van der Waals surface area contributed by atoms with Gasteiger partial charge in [0.05, 0.1) is 6.54 Å². The number of aromatic nitrogens is 1. The first kappa shape index (κ1) is 21.4. The van der Waals surface area contributed by atoms with Crippen LogP contribution in [0.25, 0.3) is 10.9 Å². The Morgan fingerprint density at radius 2 is 1.96 bits per heavy atom. The molecule has 0 unspecified atom stereocenters. The molecule has 2 heterocycles. The van der Waals surface area contributed by atoms with Crippen LogP contribution in [0.4, 0.5) is 0 Å². The quantitative estimate of drug-likeness (QED) is 0.331. The lowest BCUT2D eigenvalue weighted by atomic mass is 10.2. The average molecular weight is 404 g/mol. The van der Waals surface area contributed by atoms with Gasteiger partial charge in [-0.15, -0.1) is 11.8 Å². The molecule has 150 valence electrons. The SMILES string of the molecule is CN1CCCN/C1=N\CCSc1c[nH]c2ccccc12.O=C(O)/C=C/C(=O)O. The van der Waals surface area contributed by atoms with Crippen LogP contribution >= 0.6 is 11.8 Å². The summed E-state index contributed by atoms with van der Waals surface area (Å²) in [6.45, 7) is 2.98. The summed E-state index contributed by atoms with van der Waals surface area (Å²) in [6.07, 6.45) is 4.40. The van der Waals surface area contributed by atoms with Crippen molar-refractivity contribution in [2.45, 2.75) is 11.3 Å². The zero-order valence-electron chi connectivity index (χ0n) is 15.6. The third kappa shape index (κ3) is 6.99. The number of H-pyrrole nitrogens is 1. The first-order valence-electron chi connectivity index (χ1n) is 8.79. The van der Waals surface area contributed by atoms with E-state index >= 15 is 0 Å². The summed E-state index contributed by atoms with van der Waals surface area (Å²) in [7, 11) is 2.10. The van der Waals surface area contributed by atoms with Crippen molar-refractivity contribution < 1.29 is 19.8 Å². The number of guanidine groups is 1. The van der Waals surface area contributed by atoms with Crippen molar-refractivity contribution in [1.82, 2.24) is 15.2 Å².